The number of hydrogen-bond acceptors (Lipinski definition) is 8. The lowest BCUT2D eigenvalue weighted by Crippen LogP contribution is -2.57. The van der Waals surface area contributed by atoms with Crippen LogP contribution in [0.3, 0.4) is 0 Å². The maximum absolute atomic E-state index is 12.7. The van der Waals surface area contributed by atoms with E-state index in [-0.39, 0.29) is 42.1 Å². The molecule has 1 amide bonds. The van der Waals surface area contributed by atoms with Gasteiger partial charge in [0.2, 0.25) is 5.95 Å². The van der Waals surface area contributed by atoms with E-state index >= 15 is 0 Å². The zero-order valence-corrected chi connectivity index (χ0v) is 19.9. The Morgan fingerprint density at radius 3 is 2.61 bits per heavy atom. The van der Waals surface area contributed by atoms with Crippen molar-refractivity contribution in [1.82, 2.24) is 25.1 Å². The Kier molecular flexibility index (Phi) is 8.16. The summed E-state index contributed by atoms with van der Waals surface area (Å²) in [6.45, 7) is 8.50. The molecule has 1 unspecified atom stereocenters. The van der Waals surface area contributed by atoms with Crippen LogP contribution in [0.2, 0.25) is 0 Å². The number of fused-ring (bicyclic) bond motifs is 1. The van der Waals surface area contributed by atoms with Gasteiger partial charge in [-0.15, -0.1) is 24.0 Å². The predicted molar refractivity (Wildman–Crippen MR) is 120 cm³/mol. The normalized spacial score (nSPS) is 18.6. The minimum Gasteiger partial charge on any atom is -0.444 e. The third-order valence-corrected chi connectivity index (χ3v) is 4.50. The monoisotopic (exact) mass is 557 g/mol. The van der Waals surface area contributed by atoms with Crippen molar-refractivity contribution >= 4 is 42.0 Å². The second kappa shape index (κ2) is 10.0. The number of piperazine rings is 1. The van der Waals surface area contributed by atoms with Gasteiger partial charge in [0.05, 0.1) is 12.6 Å². The molecular weight excluding hydrogens is 530 g/mol. The van der Waals surface area contributed by atoms with E-state index in [0.29, 0.717) is 39.3 Å². The molecule has 3 heterocycles. The Bertz CT molecular complexity index is 801. The number of halogens is 4. The van der Waals surface area contributed by atoms with Gasteiger partial charge in [0, 0.05) is 38.9 Å². The minimum atomic E-state index is -4.51. The molecular formula is C18H27F3IN7O2. The summed E-state index contributed by atoms with van der Waals surface area (Å²) in [6, 6.07) is 0.904. The van der Waals surface area contributed by atoms with E-state index < -0.39 is 17.5 Å². The standard InChI is InChI=1S/C18H26F3N7O2.HI/c1-17(2,3)30-16(29)27-8-9-28-12(11-27)10-25-15(28)24-7-6-23-14-22-5-4-13(26-14)18(19,20)21;/h4-5,12H,6-11H2,1-3H3,(H,24,25)(H,22,23,26);1H. The number of nitrogens with zero attached hydrogens (tertiary/aromatic N) is 5. The Balaban J connectivity index is 0.00000341. The molecule has 174 valence electrons. The third kappa shape index (κ3) is 6.97. The second-order valence-electron chi connectivity index (χ2n) is 8.05. The highest BCUT2D eigenvalue weighted by molar-refractivity contribution is 14.0. The molecule has 9 nitrogen and oxygen atoms in total. The Morgan fingerprint density at radius 2 is 1.94 bits per heavy atom. The van der Waals surface area contributed by atoms with Crippen molar-refractivity contribution in [3.05, 3.63) is 18.0 Å². The van der Waals surface area contributed by atoms with Gasteiger partial charge in [-0.25, -0.2) is 14.8 Å². The molecule has 2 N–H and O–H groups in total. The zero-order valence-electron chi connectivity index (χ0n) is 17.6. The molecule has 2 aliphatic heterocycles. The predicted octanol–water partition coefficient (Wildman–Crippen LogP) is 2.41. The number of nitrogens with one attached hydrogen (secondary N) is 2. The summed E-state index contributed by atoms with van der Waals surface area (Å²) in [4.78, 5) is 27.8. The van der Waals surface area contributed by atoms with E-state index in [2.05, 4.69) is 30.5 Å². The first-order valence-corrected chi connectivity index (χ1v) is 9.70. The molecule has 0 aromatic carbocycles. The number of guanidine groups is 1. The number of ether oxygens (including phenoxy) is 1. The fourth-order valence-corrected chi connectivity index (χ4v) is 3.17. The molecule has 1 atom stereocenters. The largest absolute Gasteiger partial charge is 0.444 e. The highest BCUT2D eigenvalue weighted by Gasteiger charge is 2.36. The first-order chi connectivity index (χ1) is 14.0. The summed E-state index contributed by atoms with van der Waals surface area (Å²) in [5, 5.41) is 5.95. The van der Waals surface area contributed by atoms with Gasteiger partial charge in [0.15, 0.2) is 5.96 Å². The number of aliphatic imine (C=N–C) groups is 1. The molecule has 1 saturated heterocycles. The van der Waals surface area contributed by atoms with Crippen LogP contribution >= 0.6 is 24.0 Å². The van der Waals surface area contributed by atoms with Gasteiger partial charge >= 0.3 is 12.3 Å². The molecule has 0 spiro atoms. The van der Waals surface area contributed by atoms with Crippen molar-refractivity contribution in [1.29, 1.82) is 0 Å². The first-order valence-electron chi connectivity index (χ1n) is 9.70. The van der Waals surface area contributed by atoms with Crippen LogP contribution in [0, 0.1) is 0 Å². The fraction of sp³-hybridized carbons (Fsp3) is 0.667. The van der Waals surface area contributed by atoms with Crippen molar-refractivity contribution in [2.24, 2.45) is 4.99 Å². The fourth-order valence-electron chi connectivity index (χ4n) is 3.17. The number of anilines is 1. The van der Waals surface area contributed by atoms with Crippen molar-refractivity contribution in [2.75, 3.05) is 44.6 Å². The highest BCUT2D eigenvalue weighted by atomic mass is 127. The van der Waals surface area contributed by atoms with Crippen LogP contribution in [-0.4, -0.2) is 82.7 Å². The number of aromatic nitrogens is 2. The number of carbonyl (C=O) groups excluding carboxylic acids is 1. The lowest BCUT2D eigenvalue weighted by atomic mass is 10.2. The molecule has 0 aliphatic carbocycles. The van der Waals surface area contributed by atoms with Crippen molar-refractivity contribution in [2.45, 2.75) is 38.6 Å². The molecule has 1 fully saturated rings. The van der Waals surface area contributed by atoms with E-state index in [4.69, 9.17) is 4.74 Å². The van der Waals surface area contributed by atoms with Crippen molar-refractivity contribution in [3.8, 4) is 0 Å². The van der Waals surface area contributed by atoms with E-state index in [1.807, 2.05) is 20.8 Å². The second-order valence-corrected chi connectivity index (χ2v) is 8.05. The summed E-state index contributed by atoms with van der Waals surface area (Å²) < 4.78 is 43.5. The number of carbonyl (C=O) groups is 1. The Morgan fingerprint density at radius 1 is 1.23 bits per heavy atom. The van der Waals surface area contributed by atoms with Gasteiger partial charge in [0.1, 0.15) is 11.3 Å². The molecule has 13 heteroatoms. The average molecular weight is 557 g/mol. The lowest BCUT2D eigenvalue weighted by Gasteiger charge is -2.39. The molecule has 0 saturated carbocycles. The first kappa shape index (κ1) is 25.2. The van der Waals surface area contributed by atoms with Crippen LogP contribution in [-0.2, 0) is 10.9 Å². The van der Waals surface area contributed by atoms with E-state index in [1.165, 1.54) is 0 Å². The molecule has 0 bridgehead atoms. The molecule has 1 aromatic rings. The molecule has 0 radical (unpaired) electrons. The van der Waals surface area contributed by atoms with Crippen LogP contribution < -0.4 is 10.6 Å². The average Bonchev–Trinajstić information content (AvgIpc) is 3.06. The Labute approximate surface area is 195 Å². The van der Waals surface area contributed by atoms with Crippen LogP contribution in [0.1, 0.15) is 26.5 Å². The van der Waals surface area contributed by atoms with E-state index in [0.717, 1.165) is 18.2 Å². The lowest BCUT2D eigenvalue weighted by molar-refractivity contribution is -0.141. The molecule has 2 aliphatic rings. The highest BCUT2D eigenvalue weighted by Crippen LogP contribution is 2.27. The van der Waals surface area contributed by atoms with Crippen LogP contribution in [0.25, 0.3) is 0 Å². The summed E-state index contributed by atoms with van der Waals surface area (Å²) in [5.74, 6) is 0.638. The topological polar surface area (TPSA) is 95.0 Å². The van der Waals surface area contributed by atoms with Crippen molar-refractivity contribution in [3.63, 3.8) is 0 Å². The number of rotatable bonds is 4. The van der Waals surface area contributed by atoms with Gasteiger partial charge in [0.25, 0.3) is 0 Å². The SMILES string of the molecule is CC(C)(C)OC(=O)N1CCN2C(NCCNc3nccc(C(F)(F)F)n3)=NCC2C1.I. The summed E-state index contributed by atoms with van der Waals surface area (Å²) in [7, 11) is 0. The van der Waals surface area contributed by atoms with Gasteiger partial charge in [-0.05, 0) is 26.8 Å². The summed E-state index contributed by atoms with van der Waals surface area (Å²) in [5.41, 5.74) is -1.53. The molecule has 3 rings (SSSR count). The van der Waals surface area contributed by atoms with E-state index in [9.17, 15) is 18.0 Å². The van der Waals surface area contributed by atoms with Crippen molar-refractivity contribution < 1.29 is 22.7 Å². The van der Waals surface area contributed by atoms with Gasteiger partial charge in [-0.2, -0.15) is 13.2 Å². The Hall–Kier alpha value is -2.06. The number of alkyl halides is 3. The summed E-state index contributed by atoms with van der Waals surface area (Å²) >= 11 is 0. The number of hydrogen-bond donors (Lipinski definition) is 2. The van der Waals surface area contributed by atoms with Crippen LogP contribution in [0.4, 0.5) is 23.9 Å². The van der Waals surface area contributed by atoms with Crippen LogP contribution in [0.15, 0.2) is 17.3 Å². The number of amides is 1. The zero-order chi connectivity index (χ0) is 21.9. The maximum atomic E-state index is 12.7. The molecule has 1 aromatic heterocycles. The van der Waals surface area contributed by atoms with E-state index in [1.54, 1.807) is 4.90 Å². The van der Waals surface area contributed by atoms with Gasteiger partial charge in [-0.3, -0.25) is 4.99 Å². The smallest absolute Gasteiger partial charge is 0.433 e. The quantitative estimate of drug-likeness (QED) is 0.434. The van der Waals surface area contributed by atoms with Gasteiger partial charge < -0.3 is 25.2 Å². The third-order valence-electron chi connectivity index (χ3n) is 4.50. The minimum absolute atomic E-state index is 0. The summed E-state index contributed by atoms with van der Waals surface area (Å²) in [6.07, 6.45) is -3.76. The maximum Gasteiger partial charge on any atom is 0.433 e. The molecule has 31 heavy (non-hydrogen) atoms. The van der Waals surface area contributed by atoms with Gasteiger partial charge in [-0.1, -0.05) is 0 Å². The van der Waals surface area contributed by atoms with Crippen LogP contribution in [0.5, 0.6) is 0 Å².